The van der Waals surface area contributed by atoms with E-state index in [9.17, 15) is 0 Å². The zero-order valence-electron chi connectivity index (χ0n) is 13.5. The molecule has 22 heavy (non-hydrogen) atoms. The fourth-order valence-electron chi connectivity index (χ4n) is 2.90. The van der Waals surface area contributed by atoms with E-state index in [1.54, 1.807) is 11.1 Å². The Balaban J connectivity index is 0. The van der Waals surface area contributed by atoms with E-state index >= 15 is 0 Å². The molecule has 0 N–H and O–H groups in total. The van der Waals surface area contributed by atoms with Gasteiger partial charge in [-0.15, -0.1) is 6.42 Å². The predicted octanol–water partition coefficient (Wildman–Crippen LogP) is -0.283. The van der Waals surface area contributed by atoms with Crippen LogP contribution in [0.2, 0.25) is 0 Å². The molecule has 0 aliphatic heterocycles. The van der Waals surface area contributed by atoms with Gasteiger partial charge in [0.15, 0.2) is 0 Å². The number of allylic oxidation sites excluding steroid dienone is 4. The first-order valence-corrected chi connectivity index (χ1v) is 7.87. The quantitative estimate of drug-likeness (QED) is 0.593. The van der Waals surface area contributed by atoms with Crippen molar-refractivity contribution in [1.82, 2.24) is 0 Å². The molecule has 2 aliphatic rings. The summed E-state index contributed by atoms with van der Waals surface area (Å²) in [4.78, 5) is 0. The molecule has 0 spiro atoms. The van der Waals surface area contributed by atoms with Gasteiger partial charge in [-0.2, -0.15) is 29.3 Å². The molecule has 0 atom stereocenters. The largest absolute Gasteiger partial charge is 4.00 e. The van der Waals surface area contributed by atoms with Crippen molar-refractivity contribution in [3.63, 3.8) is 0 Å². The van der Waals surface area contributed by atoms with E-state index in [4.69, 9.17) is 0 Å². The van der Waals surface area contributed by atoms with Gasteiger partial charge in [0.05, 0.1) is 0 Å². The smallest absolute Gasteiger partial charge is 1.00 e. The number of halogens is 2. The molecule has 0 nitrogen and oxygen atoms in total. The molecule has 0 heterocycles. The summed E-state index contributed by atoms with van der Waals surface area (Å²) in [6.45, 7) is 2.26. The normalized spacial score (nSPS) is 15.3. The van der Waals surface area contributed by atoms with Gasteiger partial charge in [0.25, 0.3) is 0 Å². The Bertz CT molecular complexity index is 405. The van der Waals surface area contributed by atoms with Crippen LogP contribution in [0.1, 0.15) is 68.9 Å². The number of aryl methyl sites for hydroxylation is 1. The fourth-order valence-corrected chi connectivity index (χ4v) is 2.90. The Kier molecular flexibility index (Phi) is 16.6. The van der Waals surface area contributed by atoms with Crippen molar-refractivity contribution in [1.29, 1.82) is 0 Å². The average molecular weight is 417 g/mol. The van der Waals surface area contributed by atoms with Gasteiger partial charge in [-0.05, 0) is 0 Å². The zero-order valence-corrected chi connectivity index (χ0v) is 17.4. The summed E-state index contributed by atoms with van der Waals surface area (Å²) in [6.07, 6.45) is 19.7. The van der Waals surface area contributed by atoms with Crippen LogP contribution < -0.4 is 24.8 Å². The maximum Gasteiger partial charge on any atom is 4.00 e. The molecule has 3 rings (SSSR count). The summed E-state index contributed by atoms with van der Waals surface area (Å²) in [7, 11) is 0. The van der Waals surface area contributed by atoms with Crippen molar-refractivity contribution in [2.75, 3.05) is 0 Å². The molecule has 3 heteroatoms. The minimum Gasteiger partial charge on any atom is -1.00 e. The first-order chi connectivity index (χ1) is 9.40. The van der Waals surface area contributed by atoms with Gasteiger partial charge in [0, 0.05) is 0 Å². The molecule has 120 valence electrons. The van der Waals surface area contributed by atoms with E-state index in [-0.39, 0.29) is 51.0 Å². The van der Waals surface area contributed by atoms with E-state index in [0.717, 1.165) is 12.3 Å². The van der Waals surface area contributed by atoms with E-state index in [1.165, 1.54) is 44.9 Å². The Morgan fingerprint density at radius 3 is 2.45 bits per heavy atom. The minimum atomic E-state index is 0. The number of rotatable bonds is 4. The molecule has 0 aromatic heterocycles. The van der Waals surface area contributed by atoms with Gasteiger partial charge in [0.2, 0.25) is 0 Å². The van der Waals surface area contributed by atoms with Crippen molar-refractivity contribution >= 4 is 0 Å². The number of hydrogen-bond acceptors (Lipinski definition) is 0. The van der Waals surface area contributed by atoms with Gasteiger partial charge in [0.1, 0.15) is 0 Å². The van der Waals surface area contributed by atoms with E-state index in [1.807, 2.05) is 12.2 Å². The van der Waals surface area contributed by atoms with Crippen molar-refractivity contribution in [2.45, 2.75) is 64.2 Å². The molecule has 0 unspecified atom stereocenters. The zero-order chi connectivity index (χ0) is 13.3. The van der Waals surface area contributed by atoms with Gasteiger partial charge < -0.3 is 24.8 Å². The number of hydrogen-bond donors (Lipinski definition) is 0. The predicted molar refractivity (Wildman–Crippen MR) is 83.4 cm³/mol. The van der Waals surface area contributed by atoms with Crippen LogP contribution in [0.4, 0.5) is 0 Å². The molecule has 0 radical (unpaired) electrons. The number of unbranched alkanes of at least 4 members (excludes halogenated alkanes) is 1. The van der Waals surface area contributed by atoms with Gasteiger partial charge in [-0.3, -0.25) is 6.08 Å². The Labute approximate surface area is 168 Å². The third-order valence-electron chi connectivity index (χ3n) is 4.07. The Morgan fingerprint density at radius 2 is 1.95 bits per heavy atom. The van der Waals surface area contributed by atoms with Crippen LogP contribution in [0, 0.1) is 6.08 Å². The maximum absolute atomic E-state index is 2.99. The Morgan fingerprint density at radius 1 is 1.23 bits per heavy atom. The van der Waals surface area contributed by atoms with Crippen LogP contribution in [0.15, 0.2) is 36.4 Å². The molecule has 1 aromatic rings. The van der Waals surface area contributed by atoms with E-state index in [0.29, 0.717) is 0 Å². The van der Waals surface area contributed by atoms with Crippen molar-refractivity contribution in [2.24, 2.45) is 0 Å². The first kappa shape index (κ1) is 24.5. The van der Waals surface area contributed by atoms with Gasteiger partial charge >= 0.3 is 26.2 Å². The van der Waals surface area contributed by atoms with Crippen LogP contribution in [0.25, 0.3) is 0 Å². The molecule has 2 aliphatic carbocycles. The summed E-state index contributed by atoms with van der Waals surface area (Å²) in [5, 5.41) is 0. The third-order valence-corrected chi connectivity index (χ3v) is 4.07. The van der Waals surface area contributed by atoms with E-state index < -0.39 is 0 Å². The Hall–Kier alpha value is 0.293. The van der Waals surface area contributed by atoms with Crippen LogP contribution in [0.3, 0.4) is 0 Å². The third kappa shape index (κ3) is 8.80. The SMILES string of the molecule is CCCC[c-]1ccc(C2CCCC2)c1.[C-]1=CC=CC1.[Cl-].[Cl-].[Zr+4]. The molecular weight excluding hydrogens is 390 g/mol. The summed E-state index contributed by atoms with van der Waals surface area (Å²) in [5.41, 5.74) is 3.18. The fraction of sp³-hybridized carbons (Fsp3) is 0.526. The van der Waals surface area contributed by atoms with Crippen molar-refractivity contribution in [3.8, 4) is 0 Å². The monoisotopic (exact) mass is 414 g/mol. The second-order valence-corrected chi connectivity index (χ2v) is 5.64. The van der Waals surface area contributed by atoms with Crippen LogP contribution in [-0.2, 0) is 32.6 Å². The van der Waals surface area contributed by atoms with Crippen LogP contribution >= 0.6 is 0 Å². The van der Waals surface area contributed by atoms with Crippen LogP contribution in [-0.4, -0.2) is 0 Å². The van der Waals surface area contributed by atoms with Crippen molar-refractivity contribution < 1.29 is 51.0 Å². The van der Waals surface area contributed by atoms with Gasteiger partial charge in [-0.25, -0.2) is 18.2 Å². The molecule has 1 saturated carbocycles. The summed E-state index contributed by atoms with van der Waals surface area (Å²) < 4.78 is 0. The van der Waals surface area contributed by atoms with Gasteiger partial charge in [-0.1, -0.05) is 57.8 Å². The van der Waals surface area contributed by atoms with Crippen LogP contribution in [0.5, 0.6) is 0 Å². The molecule has 1 aromatic carbocycles. The summed E-state index contributed by atoms with van der Waals surface area (Å²) >= 11 is 0. The van der Waals surface area contributed by atoms with E-state index in [2.05, 4.69) is 37.3 Å². The molecular formula is C19H26Cl2Zr. The maximum atomic E-state index is 2.99. The second-order valence-electron chi connectivity index (χ2n) is 5.64. The molecule has 0 bridgehead atoms. The minimum absolute atomic E-state index is 0. The van der Waals surface area contributed by atoms with Crippen molar-refractivity contribution in [3.05, 3.63) is 53.6 Å². The first-order valence-electron chi connectivity index (χ1n) is 7.87. The molecule has 1 fully saturated rings. The molecule has 0 amide bonds. The topological polar surface area (TPSA) is 0 Å². The second kappa shape index (κ2) is 14.9. The summed E-state index contributed by atoms with van der Waals surface area (Å²) in [6, 6.07) is 7.15. The molecule has 0 saturated heterocycles. The standard InChI is InChI=1S/C14H21.C5H5.2ClH.Zr/c1-2-3-6-12-9-10-14(11-12)13-7-4-5-8-13;1-2-4-5-3-1;;;/h9-11,13H,2-8H2,1H3;1-3H,4H2;2*1H;/q2*-1;;;+4/p-2. The summed E-state index contributed by atoms with van der Waals surface area (Å²) in [5.74, 6) is 0.894. The average Bonchev–Trinajstić information content (AvgIpc) is 3.18.